The summed E-state index contributed by atoms with van der Waals surface area (Å²) in [6, 6.07) is 13.6. The van der Waals surface area contributed by atoms with Crippen molar-refractivity contribution < 1.29 is 19.1 Å². The number of carbonyl (C=O) groups excluding carboxylic acids is 2. The van der Waals surface area contributed by atoms with Crippen molar-refractivity contribution in [2.75, 3.05) is 6.61 Å². The largest absolute Gasteiger partial charge is 0.462 e. The zero-order valence-electron chi connectivity index (χ0n) is 12.8. The van der Waals surface area contributed by atoms with E-state index in [0.717, 1.165) is 16.4 Å². The van der Waals surface area contributed by atoms with Crippen LogP contribution in [0.3, 0.4) is 0 Å². The summed E-state index contributed by atoms with van der Waals surface area (Å²) in [7, 11) is 0. The van der Waals surface area contributed by atoms with Crippen molar-refractivity contribution in [3.05, 3.63) is 63.2 Å². The molecule has 0 aliphatic carbocycles. The monoisotopic (exact) mass is 424 g/mol. The van der Waals surface area contributed by atoms with Crippen molar-refractivity contribution in [3.8, 4) is 5.75 Å². The molecule has 0 bridgehead atoms. The predicted octanol–water partition coefficient (Wildman–Crippen LogP) is 4.47. The molecule has 0 N–H and O–H groups in total. The minimum Gasteiger partial charge on any atom is -0.462 e. The molecule has 5 heteroatoms. The molecule has 0 spiro atoms. The Hall–Kier alpha value is -1.89. The molecule has 0 aliphatic heterocycles. The van der Waals surface area contributed by atoms with E-state index >= 15 is 0 Å². The van der Waals surface area contributed by atoms with Gasteiger partial charge in [-0.3, -0.25) is 0 Å². The van der Waals surface area contributed by atoms with Crippen LogP contribution in [0.1, 0.15) is 40.5 Å². The first-order valence-corrected chi connectivity index (χ1v) is 8.43. The van der Waals surface area contributed by atoms with Crippen LogP contribution in [0.15, 0.2) is 48.5 Å². The van der Waals surface area contributed by atoms with Crippen molar-refractivity contribution >= 4 is 34.5 Å². The zero-order valence-corrected chi connectivity index (χ0v) is 14.9. The van der Waals surface area contributed by atoms with Gasteiger partial charge in [-0.25, -0.2) is 9.59 Å². The second kappa shape index (κ2) is 8.67. The summed E-state index contributed by atoms with van der Waals surface area (Å²) in [5.74, 6) is -0.401. The molecule has 0 amide bonds. The summed E-state index contributed by atoms with van der Waals surface area (Å²) >= 11 is 2.09. The van der Waals surface area contributed by atoms with Crippen LogP contribution in [0.5, 0.6) is 5.75 Å². The molecule has 0 aliphatic rings. The number of carbonyl (C=O) groups is 2. The van der Waals surface area contributed by atoms with E-state index < -0.39 is 5.97 Å². The molecule has 0 heterocycles. The number of hydrogen-bond donors (Lipinski definition) is 0. The Morgan fingerprint density at radius 3 is 2.35 bits per heavy atom. The summed E-state index contributed by atoms with van der Waals surface area (Å²) in [6.07, 6.45) is 1.82. The van der Waals surface area contributed by atoms with Gasteiger partial charge >= 0.3 is 11.9 Å². The van der Waals surface area contributed by atoms with Crippen molar-refractivity contribution in [3.63, 3.8) is 0 Å². The molecule has 0 fully saturated rings. The van der Waals surface area contributed by atoms with Crippen molar-refractivity contribution in [1.82, 2.24) is 0 Å². The van der Waals surface area contributed by atoms with Crippen molar-refractivity contribution in [2.45, 2.75) is 19.8 Å². The van der Waals surface area contributed by atoms with E-state index in [9.17, 15) is 9.59 Å². The van der Waals surface area contributed by atoms with Crippen LogP contribution in [0.25, 0.3) is 0 Å². The first-order valence-electron chi connectivity index (χ1n) is 7.35. The number of rotatable bonds is 6. The van der Waals surface area contributed by atoms with Crippen molar-refractivity contribution in [2.24, 2.45) is 0 Å². The fourth-order valence-corrected chi connectivity index (χ4v) is 2.45. The van der Waals surface area contributed by atoms with Crippen LogP contribution in [-0.2, 0) is 4.74 Å². The lowest BCUT2D eigenvalue weighted by Crippen LogP contribution is -2.10. The molecule has 4 nitrogen and oxygen atoms in total. The molecular weight excluding hydrogens is 407 g/mol. The molecule has 0 unspecified atom stereocenters. The summed E-state index contributed by atoms with van der Waals surface area (Å²) in [6.45, 7) is 2.45. The third-order valence-electron chi connectivity index (χ3n) is 3.13. The van der Waals surface area contributed by atoms with Crippen LogP contribution in [0, 0.1) is 3.57 Å². The van der Waals surface area contributed by atoms with E-state index in [-0.39, 0.29) is 5.97 Å². The smallest absolute Gasteiger partial charge is 0.344 e. The standard InChI is InChI=1S/C18H17IO4/c1-2-3-12-22-17(20)13-8-10-14(11-9-13)23-18(21)15-6-4-5-7-16(15)19/h4-11H,2-3,12H2,1H3. The average Bonchev–Trinajstić information content (AvgIpc) is 2.56. The Bertz CT molecular complexity index is 680. The molecule has 0 atom stereocenters. The molecule has 23 heavy (non-hydrogen) atoms. The highest BCUT2D eigenvalue weighted by molar-refractivity contribution is 14.1. The van der Waals surface area contributed by atoms with E-state index in [1.165, 1.54) is 0 Å². The molecule has 120 valence electrons. The van der Waals surface area contributed by atoms with E-state index in [1.54, 1.807) is 36.4 Å². The van der Waals surface area contributed by atoms with Crippen LogP contribution >= 0.6 is 22.6 Å². The van der Waals surface area contributed by atoms with Gasteiger partial charge in [0.1, 0.15) is 5.75 Å². The van der Waals surface area contributed by atoms with Gasteiger partial charge < -0.3 is 9.47 Å². The Labute approximate surface area is 148 Å². The zero-order chi connectivity index (χ0) is 16.7. The fourth-order valence-electron chi connectivity index (χ4n) is 1.84. The number of benzene rings is 2. The molecule has 0 saturated carbocycles. The quantitative estimate of drug-likeness (QED) is 0.297. The second-order valence-electron chi connectivity index (χ2n) is 4.88. The highest BCUT2D eigenvalue weighted by atomic mass is 127. The maximum Gasteiger partial charge on any atom is 0.344 e. The number of hydrogen-bond acceptors (Lipinski definition) is 4. The number of unbranched alkanes of at least 4 members (excludes halogenated alkanes) is 1. The molecule has 0 saturated heterocycles. The molecule has 2 aromatic carbocycles. The Kier molecular flexibility index (Phi) is 6.58. The number of ether oxygens (including phenoxy) is 2. The Morgan fingerprint density at radius 2 is 1.70 bits per heavy atom. The van der Waals surface area contributed by atoms with Gasteiger partial charge in [0.25, 0.3) is 0 Å². The topological polar surface area (TPSA) is 52.6 Å². The van der Waals surface area contributed by atoms with Crippen LogP contribution in [0.4, 0.5) is 0 Å². The Balaban J connectivity index is 1.99. The van der Waals surface area contributed by atoms with Gasteiger partial charge in [-0.15, -0.1) is 0 Å². The van der Waals surface area contributed by atoms with Crippen molar-refractivity contribution in [1.29, 1.82) is 0 Å². The van der Waals surface area contributed by atoms with E-state index in [1.807, 2.05) is 19.1 Å². The minimum atomic E-state index is -0.423. The molecule has 2 aromatic rings. The number of halogens is 1. The van der Waals surface area contributed by atoms with E-state index in [2.05, 4.69) is 22.6 Å². The van der Waals surface area contributed by atoms with Gasteiger partial charge in [0, 0.05) is 3.57 Å². The van der Waals surface area contributed by atoms with Crippen LogP contribution in [-0.4, -0.2) is 18.5 Å². The first kappa shape index (κ1) is 17.5. The lowest BCUT2D eigenvalue weighted by molar-refractivity contribution is 0.0499. The van der Waals surface area contributed by atoms with Gasteiger partial charge in [-0.05, 0) is 65.4 Å². The van der Waals surface area contributed by atoms with Gasteiger partial charge in [-0.1, -0.05) is 25.5 Å². The van der Waals surface area contributed by atoms with Crippen LogP contribution < -0.4 is 4.74 Å². The lowest BCUT2D eigenvalue weighted by Gasteiger charge is -2.07. The maximum atomic E-state index is 12.1. The summed E-state index contributed by atoms with van der Waals surface area (Å²) < 4.78 is 11.3. The molecular formula is C18H17IO4. The van der Waals surface area contributed by atoms with Gasteiger partial charge in [0.2, 0.25) is 0 Å². The van der Waals surface area contributed by atoms with Gasteiger partial charge in [0.15, 0.2) is 0 Å². The van der Waals surface area contributed by atoms with Crippen LogP contribution in [0.2, 0.25) is 0 Å². The average molecular weight is 424 g/mol. The highest BCUT2D eigenvalue weighted by Gasteiger charge is 2.12. The Morgan fingerprint density at radius 1 is 1.00 bits per heavy atom. The first-order chi connectivity index (χ1) is 11.1. The third kappa shape index (κ3) is 5.06. The van der Waals surface area contributed by atoms with E-state index in [0.29, 0.717) is 23.5 Å². The van der Waals surface area contributed by atoms with E-state index in [4.69, 9.17) is 9.47 Å². The minimum absolute atomic E-state index is 0.367. The molecule has 0 aromatic heterocycles. The molecule has 2 rings (SSSR count). The fraction of sp³-hybridized carbons (Fsp3) is 0.222. The maximum absolute atomic E-state index is 12.1. The predicted molar refractivity (Wildman–Crippen MR) is 95.8 cm³/mol. The van der Waals surface area contributed by atoms with Gasteiger partial charge in [-0.2, -0.15) is 0 Å². The summed E-state index contributed by atoms with van der Waals surface area (Å²) in [5.41, 5.74) is 0.950. The normalized spacial score (nSPS) is 10.2. The second-order valence-corrected chi connectivity index (χ2v) is 6.05. The SMILES string of the molecule is CCCCOC(=O)c1ccc(OC(=O)c2ccccc2I)cc1. The summed E-state index contributed by atoms with van der Waals surface area (Å²) in [5, 5.41) is 0. The molecule has 0 radical (unpaired) electrons. The third-order valence-corrected chi connectivity index (χ3v) is 4.07. The summed E-state index contributed by atoms with van der Waals surface area (Å²) in [4.78, 5) is 23.9. The lowest BCUT2D eigenvalue weighted by atomic mass is 10.2. The van der Waals surface area contributed by atoms with Gasteiger partial charge in [0.05, 0.1) is 17.7 Å². The number of esters is 2. The highest BCUT2D eigenvalue weighted by Crippen LogP contribution is 2.17.